The van der Waals surface area contributed by atoms with Crippen molar-refractivity contribution in [2.75, 3.05) is 18.9 Å². The smallest absolute Gasteiger partial charge is 0.178 e. The van der Waals surface area contributed by atoms with E-state index in [2.05, 4.69) is 48.8 Å². The zero-order valence-corrected chi connectivity index (χ0v) is 20.2. The summed E-state index contributed by atoms with van der Waals surface area (Å²) in [6, 6.07) is 5.84. The molecule has 2 unspecified atom stereocenters. The number of aromatic nitrogens is 4. The summed E-state index contributed by atoms with van der Waals surface area (Å²) in [6.07, 6.45) is 12.3. The first kappa shape index (κ1) is 22.6. The predicted molar refractivity (Wildman–Crippen MR) is 132 cm³/mol. The summed E-state index contributed by atoms with van der Waals surface area (Å²) in [6.45, 7) is 2.88. The van der Waals surface area contributed by atoms with Crippen LogP contribution in [0.3, 0.4) is 0 Å². The van der Waals surface area contributed by atoms with E-state index in [-0.39, 0.29) is 6.29 Å². The van der Waals surface area contributed by atoms with E-state index in [4.69, 9.17) is 10.3 Å². The SMILES string of the molecule is Cc1cc(NC2=NC(N(C)C3C[C@H]4CCC[C@@H](C3)N4CCC#N)NC(c3cnn(C)c3)=C2)n[nH]1. The number of nitrogens with zero attached hydrogens (tertiary/aromatic N) is 7. The van der Waals surface area contributed by atoms with Gasteiger partial charge in [-0.15, -0.1) is 0 Å². The van der Waals surface area contributed by atoms with Crippen molar-refractivity contribution in [3.05, 3.63) is 35.8 Å². The molecule has 2 fully saturated rings. The van der Waals surface area contributed by atoms with Crippen molar-refractivity contribution in [1.82, 2.24) is 35.1 Å². The van der Waals surface area contributed by atoms with Gasteiger partial charge in [0.2, 0.25) is 0 Å². The summed E-state index contributed by atoms with van der Waals surface area (Å²) in [5.74, 6) is 1.52. The second-order valence-electron chi connectivity index (χ2n) is 9.73. The molecule has 0 spiro atoms. The van der Waals surface area contributed by atoms with Gasteiger partial charge in [0.1, 0.15) is 5.84 Å². The minimum absolute atomic E-state index is 0.195. The van der Waals surface area contributed by atoms with E-state index in [1.54, 1.807) is 0 Å². The van der Waals surface area contributed by atoms with E-state index in [0.29, 0.717) is 24.5 Å². The molecule has 3 aliphatic heterocycles. The van der Waals surface area contributed by atoms with Gasteiger partial charge in [0.05, 0.1) is 18.0 Å². The lowest BCUT2D eigenvalue weighted by molar-refractivity contribution is -0.0121. The number of anilines is 1. The molecule has 0 saturated carbocycles. The van der Waals surface area contributed by atoms with E-state index >= 15 is 0 Å². The van der Waals surface area contributed by atoms with Crippen molar-refractivity contribution in [2.45, 2.75) is 69.9 Å². The van der Waals surface area contributed by atoms with Crippen LogP contribution in [0.15, 0.2) is 29.5 Å². The second-order valence-corrected chi connectivity index (χ2v) is 9.73. The van der Waals surface area contributed by atoms with E-state index in [1.165, 1.54) is 19.3 Å². The van der Waals surface area contributed by atoms with Gasteiger partial charge in [-0.3, -0.25) is 19.6 Å². The lowest BCUT2D eigenvalue weighted by Gasteiger charge is -2.51. The molecule has 2 aromatic rings. The zero-order chi connectivity index (χ0) is 23.7. The van der Waals surface area contributed by atoms with Crippen LogP contribution in [0.5, 0.6) is 0 Å². The highest BCUT2D eigenvalue weighted by Gasteiger charge is 2.40. The van der Waals surface area contributed by atoms with Crippen LogP contribution >= 0.6 is 0 Å². The number of aliphatic imine (C=N–C) groups is 1. The monoisotopic (exact) mass is 462 g/mol. The summed E-state index contributed by atoms with van der Waals surface area (Å²) in [5.41, 5.74) is 3.01. The van der Waals surface area contributed by atoms with Crippen molar-refractivity contribution in [2.24, 2.45) is 12.0 Å². The first-order valence-corrected chi connectivity index (χ1v) is 12.2. The fourth-order valence-electron chi connectivity index (χ4n) is 5.65. The Balaban J connectivity index is 1.36. The maximum Gasteiger partial charge on any atom is 0.178 e. The summed E-state index contributed by atoms with van der Waals surface area (Å²) in [5, 5.41) is 27.7. The topological polar surface area (TPSA) is 113 Å². The fraction of sp³-hybridized carbons (Fsp3) is 0.583. The van der Waals surface area contributed by atoms with Crippen LogP contribution in [-0.4, -0.2) is 73.6 Å². The number of amidine groups is 1. The van der Waals surface area contributed by atoms with Gasteiger partial charge in [-0.05, 0) is 39.7 Å². The first-order chi connectivity index (χ1) is 16.5. The lowest BCUT2D eigenvalue weighted by atomic mass is 9.81. The molecule has 0 amide bonds. The Bertz CT molecular complexity index is 1090. The minimum atomic E-state index is -0.195. The molecule has 2 aromatic heterocycles. The number of H-pyrrole nitrogens is 1. The molecule has 4 atom stereocenters. The first-order valence-electron chi connectivity index (χ1n) is 12.2. The van der Waals surface area contributed by atoms with E-state index in [0.717, 1.165) is 48.0 Å². The van der Waals surface area contributed by atoms with Crippen molar-refractivity contribution in [3.63, 3.8) is 0 Å². The van der Waals surface area contributed by atoms with Crippen molar-refractivity contribution in [3.8, 4) is 6.07 Å². The number of hydrogen-bond acceptors (Lipinski definition) is 8. The predicted octanol–water partition coefficient (Wildman–Crippen LogP) is 2.42. The highest BCUT2D eigenvalue weighted by molar-refractivity contribution is 6.08. The zero-order valence-electron chi connectivity index (χ0n) is 20.2. The molecule has 0 aliphatic carbocycles. The normalized spacial score (nSPS) is 27.0. The minimum Gasteiger partial charge on any atom is -0.351 e. The van der Waals surface area contributed by atoms with Crippen LogP contribution in [-0.2, 0) is 7.05 Å². The van der Waals surface area contributed by atoms with Gasteiger partial charge in [-0.25, -0.2) is 4.99 Å². The third kappa shape index (κ3) is 4.72. The third-order valence-electron chi connectivity index (χ3n) is 7.35. The molecule has 3 N–H and O–H groups in total. The van der Waals surface area contributed by atoms with E-state index in [9.17, 15) is 0 Å². The van der Waals surface area contributed by atoms with Crippen LogP contribution in [0.2, 0.25) is 0 Å². The number of fused-ring (bicyclic) bond motifs is 2. The molecule has 34 heavy (non-hydrogen) atoms. The third-order valence-corrected chi connectivity index (χ3v) is 7.35. The number of nitrogens with one attached hydrogen (secondary N) is 3. The van der Waals surface area contributed by atoms with Crippen LogP contribution in [0, 0.1) is 18.3 Å². The molecule has 0 radical (unpaired) electrons. The molecule has 5 heterocycles. The maximum absolute atomic E-state index is 9.09. The summed E-state index contributed by atoms with van der Waals surface area (Å²) in [7, 11) is 4.10. The van der Waals surface area contributed by atoms with E-state index in [1.807, 2.05) is 43.2 Å². The Kier molecular flexibility index (Phi) is 6.39. The molecule has 180 valence electrons. The lowest BCUT2D eigenvalue weighted by Crippen LogP contribution is -2.59. The molecule has 0 aromatic carbocycles. The Labute approximate surface area is 200 Å². The highest BCUT2D eigenvalue weighted by atomic mass is 15.4. The quantitative estimate of drug-likeness (QED) is 0.604. The Hall–Kier alpha value is -3.16. The number of aryl methyl sites for hydroxylation is 2. The van der Waals surface area contributed by atoms with Gasteiger partial charge < -0.3 is 10.6 Å². The number of piperidine rings is 2. The summed E-state index contributed by atoms with van der Waals surface area (Å²) in [4.78, 5) is 10.00. The van der Waals surface area contributed by atoms with Crippen molar-refractivity contribution < 1.29 is 0 Å². The van der Waals surface area contributed by atoms with Gasteiger partial charge in [0.15, 0.2) is 12.1 Å². The maximum atomic E-state index is 9.09. The molecule has 3 aliphatic rings. The number of hydrogen-bond donors (Lipinski definition) is 3. The average Bonchev–Trinajstić information content (AvgIpc) is 3.44. The average molecular weight is 463 g/mol. The Morgan fingerprint density at radius 2 is 2.09 bits per heavy atom. The summed E-state index contributed by atoms with van der Waals surface area (Å²) < 4.78 is 1.81. The fourth-order valence-corrected chi connectivity index (χ4v) is 5.65. The molecule has 2 bridgehead atoms. The van der Waals surface area contributed by atoms with Crippen molar-refractivity contribution in [1.29, 1.82) is 5.26 Å². The molecular weight excluding hydrogens is 428 g/mol. The molecule has 10 nitrogen and oxygen atoms in total. The Morgan fingerprint density at radius 1 is 1.29 bits per heavy atom. The number of aromatic amines is 1. The van der Waals surface area contributed by atoms with Gasteiger partial charge in [-0.1, -0.05) is 6.42 Å². The largest absolute Gasteiger partial charge is 0.351 e. The van der Waals surface area contributed by atoms with Gasteiger partial charge >= 0.3 is 0 Å². The van der Waals surface area contributed by atoms with Crippen LogP contribution < -0.4 is 10.6 Å². The van der Waals surface area contributed by atoms with Crippen molar-refractivity contribution >= 4 is 17.4 Å². The van der Waals surface area contributed by atoms with E-state index < -0.39 is 0 Å². The standard InChI is InChI=1S/C24H34N10/c1-16-10-23(31-30-16)28-22-13-21(17-14-26-32(2)15-17)27-24(29-22)33(3)20-11-18-6-4-7-19(12-20)34(18)9-5-8-25/h10,13-15,18-20,24,27H,4-7,9,11-12H2,1-3H3,(H2,28,29,30,31)/t18-,19+,20?,24?. The highest BCUT2D eigenvalue weighted by Crippen LogP contribution is 2.36. The summed E-state index contributed by atoms with van der Waals surface area (Å²) >= 11 is 0. The second kappa shape index (κ2) is 9.60. The van der Waals surface area contributed by atoms with Gasteiger partial charge in [0.25, 0.3) is 0 Å². The molecule has 2 saturated heterocycles. The van der Waals surface area contributed by atoms with Gasteiger partial charge in [-0.2, -0.15) is 15.5 Å². The molecular formula is C24H34N10. The molecule has 5 rings (SSSR count). The molecule has 10 heteroatoms. The number of nitriles is 1. The van der Waals surface area contributed by atoms with Crippen LogP contribution in [0.1, 0.15) is 49.8 Å². The number of rotatable bonds is 6. The van der Waals surface area contributed by atoms with Crippen LogP contribution in [0.4, 0.5) is 5.82 Å². The Morgan fingerprint density at radius 3 is 2.74 bits per heavy atom. The van der Waals surface area contributed by atoms with Crippen LogP contribution in [0.25, 0.3) is 5.70 Å². The van der Waals surface area contributed by atoms with Gasteiger partial charge in [0, 0.05) is 67.7 Å².